The number of rotatable bonds is 8. The summed E-state index contributed by atoms with van der Waals surface area (Å²) in [6.45, 7) is 2.68. The van der Waals surface area contributed by atoms with Gasteiger partial charge in [0.1, 0.15) is 0 Å². The summed E-state index contributed by atoms with van der Waals surface area (Å²) >= 11 is 0.115. The molecular formula is C30H31N2O3SSe+. The first-order valence-corrected chi connectivity index (χ1v) is 15.8. The maximum absolute atomic E-state index is 11.4. The van der Waals surface area contributed by atoms with Crippen molar-refractivity contribution in [2.75, 3.05) is 17.7 Å². The third-order valence-corrected chi connectivity index (χ3v) is 9.98. The molecule has 4 aromatic rings. The van der Waals surface area contributed by atoms with Crippen LogP contribution in [0.25, 0.3) is 26.6 Å². The van der Waals surface area contributed by atoms with Crippen LogP contribution in [0.3, 0.4) is 0 Å². The average Bonchev–Trinajstić information content (AvgIpc) is 3.24. The molecule has 2 heterocycles. The van der Waals surface area contributed by atoms with E-state index in [1.807, 2.05) is 12.1 Å². The van der Waals surface area contributed by atoms with Crippen molar-refractivity contribution in [3.05, 3.63) is 101 Å². The van der Waals surface area contributed by atoms with Crippen molar-refractivity contribution in [1.82, 2.24) is 0 Å². The van der Waals surface area contributed by atoms with Gasteiger partial charge in [0.2, 0.25) is 0 Å². The Morgan fingerprint density at radius 1 is 1.11 bits per heavy atom. The second-order valence-corrected chi connectivity index (χ2v) is 13.3. The number of para-hydroxylation sites is 1. The van der Waals surface area contributed by atoms with Gasteiger partial charge in [-0.05, 0) is 0 Å². The van der Waals surface area contributed by atoms with Crippen molar-refractivity contribution < 1.29 is 17.5 Å². The van der Waals surface area contributed by atoms with Crippen LogP contribution in [0.2, 0.25) is 0 Å². The second-order valence-electron chi connectivity index (χ2n) is 9.50. The zero-order valence-electron chi connectivity index (χ0n) is 21.0. The fourth-order valence-electron chi connectivity index (χ4n) is 4.95. The van der Waals surface area contributed by atoms with Gasteiger partial charge in [0.05, 0.1) is 0 Å². The number of benzene rings is 3. The first kappa shape index (κ1) is 25.7. The number of anilines is 1. The van der Waals surface area contributed by atoms with E-state index in [0.717, 1.165) is 6.42 Å². The maximum atomic E-state index is 11.4. The first-order chi connectivity index (χ1) is 17.8. The van der Waals surface area contributed by atoms with Crippen LogP contribution in [-0.2, 0) is 16.7 Å². The fraction of sp³-hybridized carbons (Fsp3) is 0.233. The van der Waals surface area contributed by atoms with E-state index in [2.05, 4.69) is 102 Å². The molecule has 1 unspecified atom stereocenters. The molecule has 0 saturated carbocycles. The Balaban J connectivity index is 1.43. The number of fused-ring (bicyclic) bond motifs is 4. The molecule has 7 heteroatoms. The predicted molar refractivity (Wildman–Crippen MR) is 154 cm³/mol. The van der Waals surface area contributed by atoms with Gasteiger partial charge in [0, 0.05) is 0 Å². The Morgan fingerprint density at radius 2 is 1.89 bits per heavy atom. The van der Waals surface area contributed by atoms with E-state index in [9.17, 15) is 13.0 Å². The molecule has 0 amide bonds. The second kappa shape index (κ2) is 10.8. The van der Waals surface area contributed by atoms with E-state index < -0.39 is 10.1 Å². The molecule has 5 rings (SSSR count). The Labute approximate surface area is 224 Å². The minimum absolute atomic E-state index is 0.115. The van der Waals surface area contributed by atoms with Crippen molar-refractivity contribution in [1.29, 1.82) is 0 Å². The number of allylic oxidation sites excluding steroid dienone is 4. The summed E-state index contributed by atoms with van der Waals surface area (Å²) in [4.78, 5) is 2.17. The van der Waals surface area contributed by atoms with Crippen LogP contribution in [0.5, 0.6) is 0 Å². The molecular weight excluding hydrogens is 547 g/mol. The van der Waals surface area contributed by atoms with Crippen molar-refractivity contribution in [2.45, 2.75) is 32.2 Å². The summed E-state index contributed by atoms with van der Waals surface area (Å²) in [5.74, 6) is 0.115. The van der Waals surface area contributed by atoms with Crippen LogP contribution >= 0.6 is 0 Å². The van der Waals surface area contributed by atoms with Gasteiger partial charge in [-0.1, -0.05) is 0 Å². The van der Waals surface area contributed by atoms with E-state index in [4.69, 9.17) is 0 Å². The third kappa shape index (κ3) is 5.81. The summed E-state index contributed by atoms with van der Waals surface area (Å²) in [5.41, 5.74) is 4.97. The van der Waals surface area contributed by atoms with E-state index in [-0.39, 0.29) is 20.3 Å². The van der Waals surface area contributed by atoms with Crippen molar-refractivity contribution in [3.8, 4) is 0 Å². The molecule has 0 fully saturated rings. The Morgan fingerprint density at radius 3 is 2.73 bits per heavy atom. The quantitative estimate of drug-likeness (QED) is 0.126. The molecule has 1 aliphatic rings. The van der Waals surface area contributed by atoms with E-state index in [1.54, 1.807) is 0 Å². The zero-order chi connectivity index (χ0) is 26.0. The Bertz CT molecular complexity index is 1650. The van der Waals surface area contributed by atoms with Gasteiger partial charge in [-0.3, -0.25) is 0 Å². The molecule has 1 aromatic heterocycles. The van der Waals surface area contributed by atoms with Gasteiger partial charge in [-0.2, -0.15) is 0 Å². The van der Waals surface area contributed by atoms with Crippen LogP contribution in [0.15, 0.2) is 90.7 Å². The molecule has 0 spiro atoms. The summed E-state index contributed by atoms with van der Waals surface area (Å²) in [6.07, 6.45) is 12.4. The molecule has 0 aliphatic carbocycles. The molecule has 0 radical (unpaired) electrons. The molecule has 0 bridgehead atoms. The summed E-state index contributed by atoms with van der Waals surface area (Å²) in [5, 5.41) is 2.35. The van der Waals surface area contributed by atoms with E-state index in [1.165, 1.54) is 41.9 Å². The zero-order valence-corrected chi connectivity index (χ0v) is 23.6. The van der Waals surface area contributed by atoms with E-state index >= 15 is 0 Å². The average molecular weight is 579 g/mol. The van der Waals surface area contributed by atoms with Crippen molar-refractivity contribution in [3.63, 3.8) is 0 Å². The monoisotopic (exact) mass is 579 g/mol. The standard InChI is InChI=1S/C30H30N2O3SSe/c1-22(12-14-24-18-20-31(2)27-11-6-5-9-25(24)27)13-17-29-32(19-7-21-36(33,34)35)30-26-10-4-3-8-23(26)15-16-28(30)37-29/h3-6,8-13,15-18,20,24H,7,14,19,21H2,1-2H3/p+1/b17-13+,22-12+. The van der Waals surface area contributed by atoms with Gasteiger partial charge in [-0.15, -0.1) is 0 Å². The summed E-state index contributed by atoms with van der Waals surface area (Å²) in [7, 11) is -1.91. The van der Waals surface area contributed by atoms with Gasteiger partial charge >= 0.3 is 225 Å². The number of hydrogen-bond donors (Lipinski definition) is 1. The molecule has 5 nitrogen and oxygen atoms in total. The van der Waals surface area contributed by atoms with Crippen LogP contribution < -0.4 is 9.47 Å². The van der Waals surface area contributed by atoms with Crippen LogP contribution in [0.4, 0.5) is 5.69 Å². The predicted octanol–water partition coefficient (Wildman–Crippen LogP) is 5.71. The van der Waals surface area contributed by atoms with Crippen molar-refractivity contribution >= 4 is 56.9 Å². The Hall–Kier alpha value is -2.96. The van der Waals surface area contributed by atoms with Crippen LogP contribution in [0, 0.1) is 0 Å². The van der Waals surface area contributed by atoms with Crippen LogP contribution in [-0.4, -0.2) is 40.3 Å². The number of nitrogens with zero attached hydrogens (tertiary/aromatic N) is 2. The fourth-order valence-corrected chi connectivity index (χ4v) is 7.77. The normalized spacial score (nSPS) is 16.2. The molecule has 37 heavy (non-hydrogen) atoms. The van der Waals surface area contributed by atoms with Gasteiger partial charge in [0.25, 0.3) is 0 Å². The van der Waals surface area contributed by atoms with E-state index in [0.29, 0.717) is 18.9 Å². The van der Waals surface area contributed by atoms with Gasteiger partial charge in [-0.25, -0.2) is 0 Å². The van der Waals surface area contributed by atoms with Gasteiger partial charge < -0.3 is 0 Å². The minimum atomic E-state index is -3.99. The third-order valence-electron chi connectivity index (χ3n) is 6.84. The number of aryl methyl sites for hydroxylation is 1. The number of hydrogen-bond acceptors (Lipinski definition) is 3. The molecule has 190 valence electrons. The van der Waals surface area contributed by atoms with Crippen molar-refractivity contribution in [2.24, 2.45) is 0 Å². The Kier molecular flexibility index (Phi) is 7.50. The molecule has 3 aromatic carbocycles. The molecule has 1 aliphatic heterocycles. The first-order valence-electron chi connectivity index (χ1n) is 12.4. The molecule has 0 saturated heterocycles. The summed E-state index contributed by atoms with van der Waals surface area (Å²) in [6, 6.07) is 21.2. The SMILES string of the molecule is CC(/C=C/c1[se]c2ccc3ccccc3c2[n+]1CCCS(=O)(=O)O)=C\CC1C=CN(C)c2ccccc21. The number of aromatic nitrogens is 1. The topological polar surface area (TPSA) is 61.5 Å². The molecule has 1 atom stereocenters. The van der Waals surface area contributed by atoms with Gasteiger partial charge in [0.15, 0.2) is 0 Å². The summed E-state index contributed by atoms with van der Waals surface area (Å²) < 4.78 is 36.7. The van der Waals surface area contributed by atoms with Crippen LogP contribution in [0.1, 0.15) is 35.8 Å². The molecule has 1 N–H and O–H groups in total.